The highest BCUT2D eigenvalue weighted by Gasteiger charge is 2.49. The van der Waals surface area contributed by atoms with Crippen LogP contribution >= 0.6 is 0 Å². The van der Waals surface area contributed by atoms with Crippen LogP contribution in [0.1, 0.15) is 39.5 Å². The number of rotatable bonds is 3. The van der Waals surface area contributed by atoms with Gasteiger partial charge in [-0.05, 0) is 24.7 Å². The Hall–Kier alpha value is -0.300. The van der Waals surface area contributed by atoms with Gasteiger partial charge < -0.3 is 0 Å². The zero-order valence-electron chi connectivity index (χ0n) is 9.83. The number of halogens is 3. The standard InChI is InChI=1S/C10H17F3O3S/c1-7(2)8-5-3-4-6-9(8)16-17(14,15)10(11,12)13/h7-9H,3-6H2,1-2H3. The Bertz CT molecular complexity index is 348. The molecule has 0 bridgehead atoms. The summed E-state index contributed by atoms with van der Waals surface area (Å²) in [4.78, 5) is 0. The molecule has 0 amide bonds. The predicted octanol–water partition coefficient (Wildman–Crippen LogP) is 3.07. The minimum atomic E-state index is -5.46. The van der Waals surface area contributed by atoms with Crippen molar-refractivity contribution in [1.29, 1.82) is 0 Å². The summed E-state index contributed by atoms with van der Waals surface area (Å²) in [5, 5.41) is 0. The molecule has 0 radical (unpaired) electrons. The third-order valence-electron chi connectivity index (χ3n) is 3.14. The van der Waals surface area contributed by atoms with Gasteiger partial charge in [-0.2, -0.15) is 21.6 Å². The van der Waals surface area contributed by atoms with Gasteiger partial charge in [-0.1, -0.05) is 26.7 Å². The molecule has 3 nitrogen and oxygen atoms in total. The third-order valence-corrected chi connectivity index (χ3v) is 4.21. The normalized spacial score (nSPS) is 27.4. The van der Waals surface area contributed by atoms with Crippen molar-refractivity contribution in [2.24, 2.45) is 11.8 Å². The molecule has 0 aromatic rings. The van der Waals surface area contributed by atoms with Crippen LogP contribution in [0.2, 0.25) is 0 Å². The molecule has 0 spiro atoms. The summed E-state index contributed by atoms with van der Waals surface area (Å²) in [6.07, 6.45) is 1.87. The molecule has 1 fully saturated rings. The first kappa shape index (κ1) is 14.8. The van der Waals surface area contributed by atoms with Crippen molar-refractivity contribution in [2.75, 3.05) is 0 Å². The van der Waals surface area contributed by atoms with Crippen LogP contribution in [0.5, 0.6) is 0 Å². The molecule has 0 aromatic carbocycles. The summed E-state index contributed by atoms with van der Waals surface area (Å²) < 4.78 is 62.9. The van der Waals surface area contributed by atoms with Crippen LogP contribution < -0.4 is 0 Å². The minimum Gasteiger partial charge on any atom is -0.260 e. The average Bonchev–Trinajstić information content (AvgIpc) is 2.15. The van der Waals surface area contributed by atoms with E-state index in [0.29, 0.717) is 12.8 Å². The zero-order chi connectivity index (χ0) is 13.3. The van der Waals surface area contributed by atoms with Gasteiger partial charge in [0.15, 0.2) is 0 Å². The average molecular weight is 274 g/mol. The predicted molar refractivity (Wildman–Crippen MR) is 56.6 cm³/mol. The van der Waals surface area contributed by atoms with E-state index in [2.05, 4.69) is 4.18 Å². The monoisotopic (exact) mass is 274 g/mol. The van der Waals surface area contributed by atoms with Crippen molar-refractivity contribution in [3.63, 3.8) is 0 Å². The maximum absolute atomic E-state index is 12.2. The topological polar surface area (TPSA) is 43.4 Å². The fraction of sp³-hybridized carbons (Fsp3) is 1.00. The number of alkyl halides is 3. The Morgan fingerprint density at radius 2 is 1.71 bits per heavy atom. The Morgan fingerprint density at radius 3 is 2.18 bits per heavy atom. The van der Waals surface area contributed by atoms with Gasteiger partial charge in [0.2, 0.25) is 0 Å². The summed E-state index contributed by atoms with van der Waals surface area (Å²) in [6.45, 7) is 3.74. The second-order valence-electron chi connectivity index (χ2n) is 4.73. The molecule has 7 heteroatoms. The van der Waals surface area contributed by atoms with Crippen LogP contribution in [0, 0.1) is 11.8 Å². The summed E-state index contributed by atoms with van der Waals surface area (Å²) in [7, 11) is -5.46. The SMILES string of the molecule is CC(C)C1CCCCC1OS(=O)(=O)C(F)(F)F. The second kappa shape index (κ2) is 5.14. The van der Waals surface area contributed by atoms with E-state index in [1.807, 2.05) is 13.8 Å². The molecular weight excluding hydrogens is 257 g/mol. The van der Waals surface area contributed by atoms with Crippen LogP contribution in [-0.2, 0) is 14.3 Å². The molecule has 1 rings (SSSR count). The van der Waals surface area contributed by atoms with E-state index in [9.17, 15) is 21.6 Å². The number of hydrogen-bond donors (Lipinski definition) is 0. The second-order valence-corrected chi connectivity index (χ2v) is 6.29. The Kier molecular flexibility index (Phi) is 4.46. The van der Waals surface area contributed by atoms with Crippen LogP contribution in [0.25, 0.3) is 0 Å². The van der Waals surface area contributed by atoms with E-state index in [1.54, 1.807) is 0 Å². The van der Waals surface area contributed by atoms with Gasteiger partial charge in [-0.3, -0.25) is 4.18 Å². The molecule has 0 N–H and O–H groups in total. The van der Waals surface area contributed by atoms with Crippen LogP contribution in [-0.4, -0.2) is 20.0 Å². The van der Waals surface area contributed by atoms with Gasteiger partial charge in [-0.25, -0.2) is 0 Å². The van der Waals surface area contributed by atoms with Crippen molar-refractivity contribution in [2.45, 2.75) is 51.1 Å². The first-order valence-electron chi connectivity index (χ1n) is 5.64. The molecule has 0 aliphatic heterocycles. The van der Waals surface area contributed by atoms with Crippen molar-refractivity contribution in [1.82, 2.24) is 0 Å². The zero-order valence-corrected chi connectivity index (χ0v) is 10.6. The fourth-order valence-corrected chi connectivity index (χ4v) is 2.90. The first-order valence-corrected chi connectivity index (χ1v) is 7.05. The maximum atomic E-state index is 12.2. The van der Waals surface area contributed by atoms with E-state index in [1.165, 1.54) is 0 Å². The molecule has 1 aliphatic carbocycles. The molecule has 2 atom stereocenters. The molecule has 0 heterocycles. The molecule has 102 valence electrons. The van der Waals surface area contributed by atoms with Crippen molar-refractivity contribution in [3.8, 4) is 0 Å². The van der Waals surface area contributed by atoms with Gasteiger partial charge >= 0.3 is 15.6 Å². The van der Waals surface area contributed by atoms with Crippen LogP contribution in [0.15, 0.2) is 0 Å². The molecule has 1 aliphatic rings. The third kappa shape index (κ3) is 3.58. The maximum Gasteiger partial charge on any atom is 0.523 e. The quantitative estimate of drug-likeness (QED) is 0.587. The van der Waals surface area contributed by atoms with Crippen molar-refractivity contribution >= 4 is 10.1 Å². The molecule has 0 saturated heterocycles. The lowest BCUT2D eigenvalue weighted by molar-refractivity contribution is -0.0625. The lowest BCUT2D eigenvalue weighted by Gasteiger charge is -2.33. The van der Waals surface area contributed by atoms with Gasteiger partial charge in [0.1, 0.15) is 0 Å². The molecule has 0 aromatic heterocycles. The molecule has 17 heavy (non-hydrogen) atoms. The highest BCUT2D eigenvalue weighted by Crippen LogP contribution is 2.36. The Morgan fingerprint density at radius 1 is 1.18 bits per heavy atom. The summed E-state index contributed by atoms with van der Waals surface area (Å²) in [6, 6.07) is 0. The Labute approximate surface area is 99.5 Å². The molecule has 1 saturated carbocycles. The lowest BCUT2D eigenvalue weighted by Crippen LogP contribution is -2.37. The van der Waals surface area contributed by atoms with Gasteiger partial charge in [-0.15, -0.1) is 0 Å². The van der Waals surface area contributed by atoms with Gasteiger partial charge in [0, 0.05) is 0 Å². The van der Waals surface area contributed by atoms with Crippen molar-refractivity contribution in [3.05, 3.63) is 0 Å². The Balaban J connectivity index is 2.79. The van der Waals surface area contributed by atoms with Crippen molar-refractivity contribution < 1.29 is 25.8 Å². The van der Waals surface area contributed by atoms with E-state index in [-0.39, 0.29) is 11.8 Å². The summed E-state index contributed by atoms with van der Waals surface area (Å²) in [5.41, 5.74) is -5.33. The molecule has 2 unspecified atom stereocenters. The van der Waals surface area contributed by atoms with Crippen LogP contribution in [0.4, 0.5) is 13.2 Å². The summed E-state index contributed by atoms with van der Waals surface area (Å²) >= 11 is 0. The van der Waals surface area contributed by atoms with Crippen LogP contribution in [0.3, 0.4) is 0 Å². The van der Waals surface area contributed by atoms with Gasteiger partial charge in [0.05, 0.1) is 6.10 Å². The largest absolute Gasteiger partial charge is 0.523 e. The molecular formula is C10H17F3O3S. The number of hydrogen-bond acceptors (Lipinski definition) is 3. The summed E-state index contributed by atoms with van der Waals surface area (Å²) in [5.74, 6) is -0.00962. The fourth-order valence-electron chi connectivity index (χ4n) is 2.22. The highest BCUT2D eigenvalue weighted by molar-refractivity contribution is 7.87. The minimum absolute atomic E-state index is 0.115. The lowest BCUT2D eigenvalue weighted by atomic mass is 9.79. The first-order chi connectivity index (χ1) is 7.65. The van der Waals surface area contributed by atoms with Gasteiger partial charge in [0.25, 0.3) is 0 Å². The van der Waals surface area contributed by atoms with E-state index in [4.69, 9.17) is 0 Å². The van der Waals surface area contributed by atoms with E-state index in [0.717, 1.165) is 12.8 Å². The highest BCUT2D eigenvalue weighted by atomic mass is 32.2. The van der Waals surface area contributed by atoms with E-state index >= 15 is 0 Å². The smallest absolute Gasteiger partial charge is 0.260 e. The van der Waals surface area contributed by atoms with E-state index < -0.39 is 21.7 Å².